The molecule has 0 saturated heterocycles. The molecule has 0 bridgehead atoms. The third kappa shape index (κ3) is 4.74. The van der Waals surface area contributed by atoms with Crippen molar-refractivity contribution in [2.75, 3.05) is 0 Å². The summed E-state index contributed by atoms with van der Waals surface area (Å²) in [6.07, 6.45) is 3.16. The van der Waals surface area contributed by atoms with Crippen molar-refractivity contribution in [3.63, 3.8) is 0 Å². The first-order chi connectivity index (χ1) is 5.07. The summed E-state index contributed by atoms with van der Waals surface area (Å²) in [6, 6.07) is -0.817. The lowest BCUT2D eigenvalue weighted by Gasteiger charge is -2.16. The quantitative estimate of drug-likeness (QED) is 0.618. The van der Waals surface area contributed by atoms with E-state index < -0.39 is 12.5 Å². The molecule has 0 fully saturated rings. The molecular weight excluding hydrogens is 148 g/mol. The topological polar surface area (TPSA) is 12.0 Å². The number of hydrogen-bond acceptors (Lipinski definition) is 1. The Kier molecular flexibility index (Phi) is 4.80. The van der Waals surface area contributed by atoms with Crippen LogP contribution in [0, 0.1) is 12.3 Å². The number of terminal acetylenes is 1. The molecule has 1 N–H and O–H groups in total. The smallest absolute Gasteiger partial charge is 0.253 e. The lowest BCUT2D eigenvalue weighted by Crippen LogP contribution is -2.38. The average molecular weight is 161 g/mol. The van der Waals surface area contributed by atoms with E-state index in [9.17, 15) is 8.78 Å². The Morgan fingerprint density at radius 1 is 1.45 bits per heavy atom. The van der Waals surface area contributed by atoms with Crippen molar-refractivity contribution < 1.29 is 8.78 Å². The predicted octanol–water partition coefficient (Wildman–Crippen LogP) is 1.64. The Morgan fingerprint density at radius 3 is 2.36 bits per heavy atom. The fraction of sp³-hybridized carbons (Fsp3) is 0.750. The van der Waals surface area contributed by atoms with Crippen molar-refractivity contribution in [3.8, 4) is 12.3 Å². The summed E-state index contributed by atoms with van der Waals surface area (Å²) in [6.45, 7) is 3.23. The molecule has 0 aliphatic carbocycles. The third-order valence-electron chi connectivity index (χ3n) is 1.35. The predicted molar refractivity (Wildman–Crippen MR) is 41.5 cm³/mol. The highest BCUT2D eigenvalue weighted by Gasteiger charge is 2.15. The van der Waals surface area contributed by atoms with Gasteiger partial charge in [0.05, 0.1) is 6.04 Å². The average Bonchev–Trinajstić information content (AvgIpc) is 1.87. The van der Waals surface area contributed by atoms with E-state index in [4.69, 9.17) is 6.42 Å². The van der Waals surface area contributed by atoms with E-state index in [0.717, 1.165) is 0 Å². The molecule has 0 saturated carbocycles. The van der Waals surface area contributed by atoms with Crippen LogP contribution in [0.4, 0.5) is 8.78 Å². The number of alkyl halides is 2. The van der Waals surface area contributed by atoms with Gasteiger partial charge in [-0.05, 0) is 13.8 Å². The van der Waals surface area contributed by atoms with E-state index in [2.05, 4.69) is 11.2 Å². The summed E-state index contributed by atoms with van der Waals surface area (Å²) in [5, 5.41) is 2.69. The van der Waals surface area contributed by atoms with Gasteiger partial charge in [0.25, 0.3) is 6.43 Å². The Balaban J connectivity index is 3.58. The second-order valence-electron chi connectivity index (χ2n) is 2.60. The molecule has 2 unspecified atom stereocenters. The lowest BCUT2D eigenvalue weighted by molar-refractivity contribution is 0.101. The molecule has 0 aliphatic rings. The molecule has 1 nitrogen and oxygen atoms in total. The molecule has 3 heteroatoms. The molecule has 0 aliphatic heterocycles. The third-order valence-corrected chi connectivity index (χ3v) is 1.35. The van der Waals surface area contributed by atoms with Gasteiger partial charge in [-0.3, -0.25) is 0 Å². The highest BCUT2D eigenvalue weighted by atomic mass is 19.3. The first-order valence-corrected chi connectivity index (χ1v) is 3.55. The van der Waals surface area contributed by atoms with Gasteiger partial charge < -0.3 is 5.32 Å². The second-order valence-corrected chi connectivity index (χ2v) is 2.60. The molecule has 11 heavy (non-hydrogen) atoms. The molecule has 0 amide bonds. The normalized spacial score (nSPS) is 16.0. The molecule has 0 aromatic heterocycles. The van der Waals surface area contributed by atoms with E-state index in [1.807, 2.05) is 0 Å². The van der Waals surface area contributed by atoms with Crippen LogP contribution in [0.1, 0.15) is 20.3 Å². The zero-order valence-electron chi connectivity index (χ0n) is 6.77. The van der Waals surface area contributed by atoms with Crippen molar-refractivity contribution >= 4 is 0 Å². The first-order valence-electron chi connectivity index (χ1n) is 3.55. The van der Waals surface area contributed by atoms with E-state index in [0.29, 0.717) is 6.42 Å². The maximum atomic E-state index is 11.9. The van der Waals surface area contributed by atoms with Crippen molar-refractivity contribution in [3.05, 3.63) is 0 Å². The van der Waals surface area contributed by atoms with Gasteiger partial charge >= 0.3 is 0 Å². The Bertz CT molecular complexity index is 140. The largest absolute Gasteiger partial charge is 0.306 e. The summed E-state index contributed by atoms with van der Waals surface area (Å²) in [5.41, 5.74) is 0. The van der Waals surface area contributed by atoms with Crippen LogP contribution in [0.25, 0.3) is 0 Å². The van der Waals surface area contributed by atoms with Crippen LogP contribution in [0.3, 0.4) is 0 Å². The highest BCUT2D eigenvalue weighted by Crippen LogP contribution is 2.01. The van der Waals surface area contributed by atoms with E-state index in [-0.39, 0.29) is 6.04 Å². The minimum absolute atomic E-state index is 0.0380. The SMILES string of the molecule is C#CCC(C)NC(C)C(F)F. The van der Waals surface area contributed by atoms with Crippen LogP contribution in [-0.4, -0.2) is 18.5 Å². The molecule has 0 aromatic carbocycles. The van der Waals surface area contributed by atoms with Gasteiger partial charge in [-0.2, -0.15) is 0 Å². The molecule has 0 radical (unpaired) electrons. The van der Waals surface area contributed by atoms with Crippen molar-refractivity contribution in [2.45, 2.75) is 38.8 Å². The monoisotopic (exact) mass is 161 g/mol. The van der Waals surface area contributed by atoms with E-state index in [1.54, 1.807) is 6.92 Å². The summed E-state index contributed by atoms with van der Waals surface area (Å²) >= 11 is 0. The van der Waals surface area contributed by atoms with E-state index >= 15 is 0 Å². The highest BCUT2D eigenvalue weighted by molar-refractivity contribution is 4.88. The van der Waals surface area contributed by atoms with Crippen LogP contribution in [0.2, 0.25) is 0 Å². The van der Waals surface area contributed by atoms with Crippen LogP contribution in [-0.2, 0) is 0 Å². The van der Waals surface area contributed by atoms with Crippen LogP contribution in [0.15, 0.2) is 0 Å². The number of hydrogen-bond donors (Lipinski definition) is 1. The van der Waals surface area contributed by atoms with Gasteiger partial charge in [-0.25, -0.2) is 8.78 Å². The molecule has 0 aromatic rings. The van der Waals surface area contributed by atoms with Gasteiger partial charge in [0.15, 0.2) is 0 Å². The van der Waals surface area contributed by atoms with Crippen molar-refractivity contribution in [2.24, 2.45) is 0 Å². The van der Waals surface area contributed by atoms with Crippen LogP contribution >= 0.6 is 0 Å². The summed E-state index contributed by atoms with van der Waals surface area (Å²) in [7, 11) is 0. The Hall–Kier alpha value is -0.620. The standard InChI is InChI=1S/C8H13F2N/c1-4-5-6(2)11-7(3)8(9)10/h1,6-8,11H,5H2,2-3H3. The van der Waals surface area contributed by atoms with E-state index in [1.165, 1.54) is 6.92 Å². The maximum Gasteiger partial charge on any atom is 0.253 e. The molecule has 0 rings (SSSR count). The summed E-state index contributed by atoms with van der Waals surface area (Å²) in [4.78, 5) is 0. The fourth-order valence-electron chi connectivity index (χ4n) is 0.757. The Morgan fingerprint density at radius 2 is 2.00 bits per heavy atom. The zero-order valence-corrected chi connectivity index (χ0v) is 6.77. The fourth-order valence-corrected chi connectivity index (χ4v) is 0.757. The molecular formula is C8H13F2N. The lowest BCUT2D eigenvalue weighted by atomic mass is 10.2. The second kappa shape index (κ2) is 5.09. The number of rotatable bonds is 4. The molecule has 2 atom stereocenters. The maximum absolute atomic E-state index is 11.9. The number of halogens is 2. The summed E-state index contributed by atoms with van der Waals surface area (Å²) in [5.74, 6) is 2.40. The molecule has 64 valence electrons. The van der Waals surface area contributed by atoms with Gasteiger partial charge in [-0.15, -0.1) is 12.3 Å². The Labute approximate surface area is 66.2 Å². The van der Waals surface area contributed by atoms with Gasteiger partial charge in [0, 0.05) is 12.5 Å². The van der Waals surface area contributed by atoms with Gasteiger partial charge in [0.2, 0.25) is 0 Å². The van der Waals surface area contributed by atoms with Crippen LogP contribution in [0.5, 0.6) is 0 Å². The number of nitrogens with one attached hydrogen (secondary N) is 1. The minimum Gasteiger partial charge on any atom is -0.306 e. The zero-order chi connectivity index (χ0) is 8.85. The van der Waals surface area contributed by atoms with Crippen LogP contribution < -0.4 is 5.32 Å². The van der Waals surface area contributed by atoms with Gasteiger partial charge in [0.1, 0.15) is 0 Å². The van der Waals surface area contributed by atoms with Gasteiger partial charge in [-0.1, -0.05) is 0 Å². The van der Waals surface area contributed by atoms with Crippen molar-refractivity contribution in [1.29, 1.82) is 0 Å². The minimum atomic E-state index is -2.32. The molecule has 0 heterocycles. The van der Waals surface area contributed by atoms with Crippen molar-refractivity contribution in [1.82, 2.24) is 5.32 Å². The molecule has 0 spiro atoms. The first kappa shape index (κ1) is 10.4. The summed E-state index contributed by atoms with van der Waals surface area (Å²) < 4.78 is 23.8.